The summed E-state index contributed by atoms with van der Waals surface area (Å²) in [5.74, 6) is -0.112. The van der Waals surface area contributed by atoms with E-state index in [2.05, 4.69) is 14.9 Å². The van der Waals surface area contributed by atoms with Gasteiger partial charge in [0.2, 0.25) is 5.91 Å². The summed E-state index contributed by atoms with van der Waals surface area (Å²) in [6.07, 6.45) is 1.79. The molecule has 72 valence electrons. The minimum absolute atomic E-state index is 0.112. The fourth-order valence-corrected chi connectivity index (χ4v) is 1.25. The lowest BCUT2D eigenvalue weighted by Crippen LogP contribution is -2.36. The monoisotopic (exact) mass is 200 g/mol. The highest BCUT2D eigenvalue weighted by Gasteiger charge is 2.16. The molecule has 1 aromatic heterocycles. The SMILES string of the molecule is CC(C)(N)CC(=O)Nc1cnns1. The second-order valence-corrected chi connectivity index (χ2v) is 4.28. The van der Waals surface area contributed by atoms with Crippen LogP contribution in [0.1, 0.15) is 20.3 Å². The topological polar surface area (TPSA) is 80.9 Å². The van der Waals surface area contributed by atoms with E-state index in [1.807, 2.05) is 0 Å². The third-order valence-corrected chi connectivity index (χ3v) is 1.82. The van der Waals surface area contributed by atoms with Gasteiger partial charge in [-0.3, -0.25) is 4.79 Å². The lowest BCUT2D eigenvalue weighted by molar-refractivity contribution is -0.117. The Morgan fingerprint density at radius 3 is 2.92 bits per heavy atom. The lowest BCUT2D eigenvalue weighted by atomic mass is 10.0. The summed E-state index contributed by atoms with van der Waals surface area (Å²) in [5.41, 5.74) is 5.19. The minimum Gasteiger partial charge on any atom is -0.325 e. The van der Waals surface area contributed by atoms with Crippen molar-refractivity contribution in [2.24, 2.45) is 5.73 Å². The fraction of sp³-hybridized carbons (Fsp3) is 0.571. The third kappa shape index (κ3) is 3.95. The van der Waals surface area contributed by atoms with Gasteiger partial charge in [-0.25, -0.2) is 0 Å². The quantitative estimate of drug-likeness (QED) is 0.748. The molecule has 1 amide bonds. The zero-order chi connectivity index (χ0) is 9.90. The molecule has 0 saturated heterocycles. The molecule has 0 aromatic carbocycles. The molecule has 6 heteroatoms. The molecule has 0 aliphatic heterocycles. The summed E-state index contributed by atoms with van der Waals surface area (Å²) in [5, 5.41) is 6.89. The smallest absolute Gasteiger partial charge is 0.226 e. The normalized spacial score (nSPS) is 11.3. The Morgan fingerprint density at radius 1 is 1.77 bits per heavy atom. The van der Waals surface area contributed by atoms with Crippen LogP contribution in [0, 0.1) is 0 Å². The van der Waals surface area contributed by atoms with Gasteiger partial charge in [0, 0.05) is 23.5 Å². The lowest BCUT2D eigenvalue weighted by Gasteiger charge is -2.16. The van der Waals surface area contributed by atoms with Crippen LogP contribution in [-0.4, -0.2) is 21.0 Å². The zero-order valence-electron chi connectivity index (χ0n) is 7.57. The second kappa shape index (κ2) is 3.80. The minimum atomic E-state index is -0.484. The Kier molecular flexibility index (Phi) is 2.94. The van der Waals surface area contributed by atoms with Gasteiger partial charge < -0.3 is 11.1 Å². The van der Waals surface area contributed by atoms with E-state index in [1.165, 1.54) is 6.20 Å². The van der Waals surface area contributed by atoms with Crippen LogP contribution in [-0.2, 0) is 4.79 Å². The Hall–Kier alpha value is -1.01. The average molecular weight is 200 g/mol. The molecule has 5 nitrogen and oxygen atoms in total. The molecule has 13 heavy (non-hydrogen) atoms. The van der Waals surface area contributed by atoms with Crippen LogP contribution in [0.4, 0.5) is 5.00 Å². The van der Waals surface area contributed by atoms with Crippen LogP contribution < -0.4 is 11.1 Å². The number of amides is 1. The van der Waals surface area contributed by atoms with E-state index in [4.69, 9.17) is 5.73 Å². The van der Waals surface area contributed by atoms with Gasteiger partial charge in [-0.2, -0.15) is 0 Å². The standard InChI is InChI=1S/C7H12N4OS/c1-7(2,8)3-5(12)10-6-4-9-11-13-6/h4H,3,8H2,1-2H3,(H,10,12). The first-order valence-electron chi connectivity index (χ1n) is 3.83. The highest BCUT2D eigenvalue weighted by atomic mass is 32.1. The molecule has 0 aliphatic carbocycles. The van der Waals surface area contributed by atoms with Crippen molar-refractivity contribution in [2.45, 2.75) is 25.8 Å². The Balaban J connectivity index is 2.43. The fourth-order valence-electron chi connectivity index (χ4n) is 0.818. The molecule has 0 aliphatic rings. The molecule has 0 atom stereocenters. The molecule has 1 heterocycles. The molecule has 1 aromatic rings. The van der Waals surface area contributed by atoms with Gasteiger partial charge in [-0.15, -0.1) is 5.10 Å². The summed E-state index contributed by atoms with van der Waals surface area (Å²) in [6.45, 7) is 3.61. The molecular weight excluding hydrogens is 188 g/mol. The number of rotatable bonds is 3. The van der Waals surface area contributed by atoms with Gasteiger partial charge >= 0.3 is 0 Å². The molecule has 0 unspecified atom stereocenters. The predicted octanol–water partition coefficient (Wildman–Crippen LogP) is 0.604. The van der Waals surface area contributed by atoms with E-state index in [0.29, 0.717) is 5.00 Å². The van der Waals surface area contributed by atoms with Gasteiger partial charge in [-0.1, -0.05) is 4.49 Å². The van der Waals surface area contributed by atoms with Crippen LogP contribution in [0.15, 0.2) is 6.20 Å². The van der Waals surface area contributed by atoms with E-state index in [-0.39, 0.29) is 12.3 Å². The van der Waals surface area contributed by atoms with Crippen molar-refractivity contribution in [1.82, 2.24) is 9.59 Å². The van der Waals surface area contributed by atoms with Crippen molar-refractivity contribution in [3.63, 3.8) is 0 Å². The molecular formula is C7H12N4OS. The van der Waals surface area contributed by atoms with Crippen molar-refractivity contribution in [2.75, 3.05) is 5.32 Å². The van der Waals surface area contributed by atoms with Gasteiger partial charge in [0.05, 0.1) is 6.20 Å². The maximum atomic E-state index is 11.3. The molecule has 1 rings (SSSR count). The molecule has 0 radical (unpaired) electrons. The van der Waals surface area contributed by atoms with Crippen LogP contribution in [0.5, 0.6) is 0 Å². The molecule has 3 N–H and O–H groups in total. The number of anilines is 1. The van der Waals surface area contributed by atoms with Crippen molar-refractivity contribution in [1.29, 1.82) is 0 Å². The maximum absolute atomic E-state index is 11.3. The van der Waals surface area contributed by atoms with Crippen molar-refractivity contribution in [3.05, 3.63) is 6.20 Å². The number of hydrogen-bond donors (Lipinski definition) is 2. The highest BCUT2D eigenvalue weighted by Crippen LogP contribution is 2.11. The largest absolute Gasteiger partial charge is 0.325 e. The third-order valence-electron chi connectivity index (χ3n) is 1.24. The summed E-state index contributed by atoms with van der Waals surface area (Å²) in [6, 6.07) is 0. The van der Waals surface area contributed by atoms with Crippen molar-refractivity contribution >= 4 is 22.4 Å². The number of aromatic nitrogens is 2. The Bertz CT molecular complexity index is 277. The van der Waals surface area contributed by atoms with Gasteiger partial charge in [-0.05, 0) is 13.8 Å². The van der Waals surface area contributed by atoms with Crippen LogP contribution in [0.2, 0.25) is 0 Å². The number of carbonyl (C=O) groups excluding carboxylic acids is 1. The zero-order valence-corrected chi connectivity index (χ0v) is 8.39. The number of nitrogens with one attached hydrogen (secondary N) is 1. The first-order chi connectivity index (χ1) is 5.97. The Labute approximate surface area is 80.5 Å². The molecule has 0 bridgehead atoms. The predicted molar refractivity (Wildman–Crippen MR) is 51.4 cm³/mol. The average Bonchev–Trinajstić information content (AvgIpc) is 2.34. The highest BCUT2D eigenvalue weighted by molar-refractivity contribution is 7.10. The van der Waals surface area contributed by atoms with Crippen molar-refractivity contribution in [3.8, 4) is 0 Å². The number of carbonyl (C=O) groups is 1. The molecule has 0 fully saturated rings. The molecule has 0 saturated carbocycles. The van der Waals surface area contributed by atoms with E-state index in [1.54, 1.807) is 13.8 Å². The van der Waals surface area contributed by atoms with Crippen LogP contribution >= 0.6 is 11.5 Å². The first kappa shape index (κ1) is 10.1. The maximum Gasteiger partial charge on any atom is 0.226 e. The molecule has 0 spiro atoms. The summed E-state index contributed by atoms with van der Waals surface area (Å²) < 4.78 is 3.62. The Morgan fingerprint density at radius 2 is 2.46 bits per heavy atom. The van der Waals surface area contributed by atoms with E-state index >= 15 is 0 Å². The first-order valence-corrected chi connectivity index (χ1v) is 4.61. The number of nitrogens with two attached hydrogens (primary N) is 1. The second-order valence-electron chi connectivity index (χ2n) is 3.50. The van der Waals surface area contributed by atoms with E-state index in [0.717, 1.165) is 11.5 Å². The van der Waals surface area contributed by atoms with Crippen molar-refractivity contribution < 1.29 is 4.79 Å². The van der Waals surface area contributed by atoms with Gasteiger partial charge in [0.25, 0.3) is 0 Å². The number of hydrogen-bond acceptors (Lipinski definition) is 5. The summed E-state index contributed by atoms with van der Waals surface area (Å²) >= 11 is 1.14. The number of nitrogens with zero attached hydrogens (tertiary/aromatic N) is 2. The van der Waals surface area contributed by atoms with Crippen LogP contribution in [0.3, 0.4) is 0 Å². The van der Waals surface area contributed by atoms with E-state index < -0.39 is 5.54 Å². The van der Waals surface area contributed by atoms with Crippen LogP contribution in [0.25, 0.3) is 0 Å². The summed E-state index contributed by atoms with van der Waals surface area (Å²) in [7, 11) is 0. The van der Waals surface area contributed by atoms with Gasteiger partial charge in [0.1, 0.15) is 5.00 Å². The van der Waals surface area contributed by atoms with Gasteiger partial charge in [0.15, 0.2) is 0 Å². The summed E-state index contributed by atoms with van der Waals surface area (Å²) in [4.78, 5) is 11.3. The van der Waals surface area contributed by atoms with E-state index in [9.17, 15) is 4.79 Å².